The second-order valence-corrected chi connectivity index (χ2v) is 9.56. The molecule has 8 heteroatoms. The molecule has 5 nitrogen and oxygen atoms in total. The van der Waals surface area contributed by atoms with Crippen molar-refractivity contribution in [1.82, 2.24) is 4.98 Å². The predicted molar refractivity (Wildman–Crippen MR) is 124 cm³/mol. The summed E-state index contributed by atoms with van der Waals surface area (Å²) < 4.78 is 5.97. The van der Waals surface area contributed by atoms with E-state index in [9.17, 15) is 9.59 Å². The summed E-state index contributed by atoms with van der Waals surface area (Å²) in [6.07, 6.45) is 0. The summed E-state index contributed by atoms with van der Waals surface area (Å²) in [7, 11) is 0. The number of carbonyl (C=O) groups is 1. The normalized spacial score (nSPS) is 15.7. The van der Waals surface area contributed by atoms with E-state index in [1.807, 2.05) is 26.8 Å². The van der Waals surface area contributed by atoms with Gasteiger partial charge in [-0.25, -0.2) is 4.98 Å². The van der Waals surface area contributed by atoms with Gasteiger partial charge in [-0.1, -0.05) is 40.9 Å². The fraction of sp³-hybridized carbons (Fsp3) is 0.174. The monoisotopic (exact) mass is 470 g/mol. The lowest BCUT2D eigenvalue weighted by Gasteiger charge is -2.22. The first-order chi connectivity index (χ1) is 14.8. The Kier molecular flexibility index (Phi) is 4.70. The number of rotatable bonds is 2. The molecule has 156 valence electrons. The van der Waals surface area contributed by atoms with Crippen molar-refractivity contribution in [1.29, 1.82) is 0 Å². The molecule has 2 aromatic carbocycles. The topological polar surface area (TPSA) is 63.4 Å². The molecular formula is C23H16Cl2N2O3S. The van der Waals surface area contributed by atoms with E-state index in [1.165, 1.54) is 16.2 Å². The highest BCUT2D eigenvalue weighted by Gasteiger charge is 2.45. The molecule has 0 saturated carbocycles. The van der Waals surface area contributed by atoms with Gasteiger partial charge in [0.2, 0.25) is 5.76 Å². The van der Waals surface area contributed by atoms with Crippen LogP contribution in [0.4, 0.5) is 5.13 Å². The van der Waals surface area contributed by atoms with Crippen LogP contribution in [0.15, 0.2) is 45.6 Å². The third-order valence-electron chi connectivity index (χ3n) is 5.51. The van der Waals surface area contributed by atoms with Crippen LogP contribution in [0.3, 0.4) is 0 Å². The molecule has 5 rings (SSSR count). The van der Waals surface area contributed by atoms with Crippen LogP contribution >= 0.6 is 34.5 Å². The van der Waals surface area contributed by atoms with E-state index in [2.05, 4.69) is 4.98 Å². The molecule has 0 spiro atoms. The van der Waals surface area contributed by atoms with Crippen LogP contribution < -0.4 is 10.3 Å². The highest BCUT2D eigenvalue weighted by Crippen LogP contribution is 2.43. The van der Waals surface area contributed by atoms with E-state index in [0.717, 1.165) is 16.1 Å². The number of aryl methyl sites for hydroxylation is 3. The molecule has 2 aromatic heterocycles. The first kappa shape index (κ1) is 20.2. The second-order valence-electron chi connectivity index (χ2n) is 7.56. The zero-order chi connectivity index (χ0) is 22.0. The number of hydrogen-bond acceptors (Lipinski definition) is 5. The van der Waals surface area contributed by atoms with Gasteiger partial charge in [-0.2, -0.15) is 0 Å². The Hall–Kier alpha value is -2.67. The van der Waals surface area contributed by atoms with Gasteiger partial charge in [-0.3, -0.25) is 14.5 Å². The number of hydrogen-bond donors (Lipinski definition) is 0. The molecule has 0 bridgehead atoms. The highest BCUT2D eigenvalue weighted by molar-refractivity contribution is 7.15. The molecule has 0 aliphatic carbocycles. The second kappa shape index (κ2) is 7.19. The maximum atomic E-state index is 13.6. The first-order valence-electron chi connectivity index (χ1n) is 9.56. The third-order valence-corrected chi connectivity index (χ3v) is 7.32. The molecule has 0 fully saturated rings. The van der Waals surface area contributed by atoms with Crippen molar-refractivity contribution in [3.8, 4) is 0 Å². The van der Waals surface area contributed by atoms with Crippen molar-refractivity contribution in [2.75, 3.05) is 4.90 Å². The van der Waals surface area contributed by atoms with Gasteiger partial charge >= 0.3 is 0 Å². The number of nitrogens with zero attached hydrogens (tertiary/aromatic N) is 2. The first-order valence-corrected chi connectivity index (χ1v) is 11.1. The van der Waals surface area contributed by atoms with Gasteiger partial charge in [0.05, 0.1) is 32.7 Å². The van der Waals surface area contributed by atoms with Crippen LogP contribution in [0.1, 0.15) is 43.9 Å². The Bertz CT molecular complexity index is 1440. The third kappa shape index (κ3) is 3.09. The van der Waals surface area contributed by atoms with Crippen LogP contribution in [0.2, 0.25) is 10.0 Å². The summed E-state index contributed by atoms with van der Waals surface area (Å²) in [6, 6.07) is 9.72. The van der Waals surface area contributed by atoms with Crippen LogP contribution in [0.5, 0.6) is 0 Å². The zero-order valence-corrected chi connectivity index (χ0v) is 19.2. The van der Waals surface area contributed by atoms with Crippen molar-refractivity contribution in [2.24, 2.45) is 0 Å². The summed E-state index contributed by atoms with van der Waals surface area (Å²) in [5.41, 5.74) is 2.84. The molecule has 31 heavy (non-hydrogen) atoms. The molecule has 1 aliphatic heterocycles. The van der Waals surface area contributed by atoms with Crippen molar-refractivity contribution >= 4 is 56.5 Å². The molecule has 1 amide bonds. The molecule has 4 aromatic rings. The summed E-state index contributed by atoms with van der Waals surface area (Å²) in [6.45, 7) is 5.73. The maximum absolute atomic E-state index is 13.6. The van der Waals surface area contributed by atoms with Gasteiger partial charge in [0.15, 0.2) is 10.6 Å². The lowest BCUT2D eigenvalue weighted by atomic mass is 9.98. The van der Waals surface area contributed by atoms with Gasteiger partial charge in [-0.15, -0.1) is 11.3 Å². The quantitative estimate of drug-likeness (QED) is 0.348. The van der Waals surface area contributed by atoms with Gasteiger partial charge in [0.1, 0.15) is 5.58 Å². The Morgan fingerprint density at radius 1 is 1.03 bits per heavy atom. The van der Waals surface area contributed by atoms with E-state index >= 15 is 0 Å². The van der Waals surface area contributed by atoms with Gasteiger partial charge in [0.25, 0.3) is 5.91 Å². The van der Waals surface area contributed by atoms with Gasteiger partial charge in [0, 0.05) is 4.88 Å². The predicted octanol–water partition coefficient (Wildman–Crippen LogP) is 6.23. The Morgan fingerprint density at radius 2 is 1.81 bits per heavy atom. The average molecular weight is 471 g/mol. The SMILES string of the molecule is Cc1ccc2oc3c(c(=O)c2c1)[C@@H](c1ccc(Cl)c(Cl)c1)N(c1nc(C)c(C)s1)C3=O. The van der Waals surface area contributed by atoms with E-state index in [0.29, 0.717) is 31.7 Å². The van der Waals surface area contributed by atoms with Crippen molar-refractivity contribution in [3.05, 3.63) is 89.7 Å². The van der Waals surface area contributed by atoms with Crippen molar-refractivity contribution < 1.29 is 9.21 Å². The number of anilines is 1. The molecule has 1 aliphatic rings. The standard InChI is InChI=1S/C23H16Cl2N2O3S/c1-10-4-7-17-14(8-10)20(28)18-19(13-5-6-15(24)16(25)9-13)27(22(29)21(18)30-17)23-26-11(2)12(3)31-23/h4-9,19H,1-3H3/t19-/m1/s1. The average Bonchev–Trinajstić information content (AvgIpc) is 3.21. The Balaban J connectivity index is 1.84. The molecule has 0 unspecified atom stereocenters. The zero-order valence-electron chi connectivity index (χ0n) is 16.8. The van der Waals surface area contributed by atoms with E-state index in [1.54, 1.807) is 30.3 Å². The lowest BCUT2D eigenvalue weighted by Crippen LogP contribution is -2.29. The Labute approximate surface area is 191 Å². The summed E-state index contributed by atoms with van der Waals surface area (Å²) >= 11 is 13.8. The smallest absolute Gasteiger partial charge is 0.297 e. The van der Waals surface area contributed by atoms with Crippen molar-refractivity contribution in [3.63, 3.8) is 0 Å². The number of thiazole rings is 1. The Morgan fingerprint density at radius 3 is 2.48 bits per heavy atom. The summed E-state index contributed by atoms with van der Waals surface area (Å²) in [5.74, 6) is -0.373. The fourth-order valence-corrected chi connectivity index (χ4v) is 5.08. The largest absolute Gasteiger partial charge is 0.450 e. The number of benzene rings is 2. The number of halogens is 2. The molecule has 1 atom stereocenters. The van der Waals surface area contributed by atoms with Gasteiger partial charge in [-0.05, 0) is 50.6 Å². The number of fused-ring (bicyclic) bond motifs is 2. The number of amides is 1. The minimum absolute atomic E-state index is 0.0305. The van der Waals surface area contributed by atoms with E-state index in [4.69, 9.17) is 27.6 Å². The lowest BCUT2D eigenvalue weighted by molar-refractivity contribution is 0.0971. The summed E-state index contributed by atoms with van der Waals surface area (Å²) in [4.78, 5) is 34.2. The molecule has 0 radical (unpaired) electrons. The number of carbonyl (C=O) groups excluding carboxylic acids is 1. The number of aromatic nitrogens is 1. The van der Waals surface area contributed by atoms with Crippen LogP contribution in [0, 0.1) is 20.8 Å². The summed E-state index contributed by atoms with van der Waals surface area (Å²) in [5, 5.41) is 1.67. The van der Waals surface area contributed by atoms with Crippen LogP contribution in [-0.4, -0.2) is 10.9 Å². The highest BCUT2D eigenvalue weighted by atomic mass is 35.5. The minimum atomic E-state index is -0.719. The van der Waals surface area contributed by atoms with Crippen LogP contribution in [-0.2, 0) is 0 Å². The fourth-order valence-electron chi connectivity index (χ4n) is 3.84. The molecule has 0 saturated heterocycles. The maximum Gasteiger partial charge on any atom is 0.297 e. The van der Waals surface area contributed by atoms with E-state index < -0.39 is 11.9 Å². The van der Waals surface area contributed by atoms with Crippen LogP contribution in [0.25, 0.3) is 11.0 Å². The molecule has 0 N–H and O–H groups in total. The van der Waals surface area contributed by atoms with Gasteiger partial charge < -0.3 is 4.42 Å². The molecule has 3 heterocycles. The van der Waals surface area contributed by atoms with E-state index in [-0.39, 0.29) is 16.8 Å². The minimum Gasteiger partial charge on any atom is -0.450 e. The van der Waals surface area contributed by atoms with Crippen molar-refractivity contribution in [2.45, 2.75) is 26.8 Å². The molecular weight excluding hydrogens is 455 g/mol.